The van der Waals surface area contributed by atoms with Crippen molar-refractivity contribution in [2.45, 2.75) is 38.2 Å². The van der Waals surface area contributed by atoms with Gasteiger partial charge in [-0.3, -0.25) is 0 Å². The Morgan fingerprint density at radius 2 is 2.22 bits per heavy atom. The Hall–Kier alpha value is -1.60. The van der Waals surface area contributed by atoms with E-state index in [1.54, 1.807) is 18.3 Å². The molecule has 1 heterocycles. The van der Waals surface area contributed by atoms with Crippen molar-refractivity contribution in [2.24, 2.45) is 0 Å². The van der Waals surface area contributed by atoms with E-state index in [1.165, 1.54) is 32.1 Å². The number of pyridine rings is 1. The van der Waals surface area contributed by atoms with Gasteiger partial charge in [0.2, 0.25) is 0 Å². The van der Waals surface area contributed by atoms with Crippen molar-refractivity contribution in [2.75, 3.05) is 18.5 Å². The van der Waals surface area contributed by atoms with Crippen molar-refractivity contribution in [1.82, 2.24) is 4.98 Å². The lowest BCUT2D eigenvalue weighted by Gasteiger charge is -2.22. The summed E-state index contributed by atoms with van der Waals surface area (Å²) in [5.41, 5.74) is 0.626. The molecule has 18 heavy (non-hydrogen) atoms. The predicted molar refractivity (Wildman–Crippen MR) is 70.3 cm³/mol. The third kappa shape index (κ3) is 4.01. The zero-order valence-corrected chi connectivity index (χ0v) is 10.6. The van der Waals surface area contributed by atoms with Crippen LogP contribution >= 0.6 is 0 Å². The van der Waals surface area contributed by atoms with Crippen LogP contribution in [-0.4, -0.2) is 24.2 Å². The second kappa shape index (κ2) is 6.97. The Kier molecular flexibility index (Phi) is 4.98. The van der Waals surface area contributed by atoms with Gasteiger partial charge in [-0.05, 0) is 25.0 Å². The molecular formula is C14H19N3O. The van der Waals surface area contributed by atoms with E-state index < -0.39 is 0 Å². The highest BCUT2D eigenvalue weighted by Gasteiger charge is 2.12. The first-order valence-corrected chi connectivity index (χ1v) is 6.60. The van der Waals surface area contributed by atoms with Crippen LogP contribution < -0.4 is 5.32 Å². The lowest BCUT2D eigenvalue weighted by atomic mass is 9.98. The molecule has 0 amide bonds. The van der Waals surface area contributed by atoms with Crippen molar-refractivity contribution in [3.05, 3.63) is 23.9 Å². The number of nitriles is 1. The largest absolute Gasteiger partial charge is 0.376 e. The van der Waals surface area contributed by atoms with Crippen molar-refractivity contribution in [3.63, 3.8) is 0 Å². The average molecular weight is 245 g/mol. The molecule has 0 unspecified atom stereocenters. The van der Waals surface area contributed by atoms with Gasteiger partial charge in [-0.15, -0.1) is 0 Å². The molecule has 0 aromatic carbocycles. The van der Waals surface area contributed by atoms with Gasteiger partial charge < -0.3 is 10.1 Å². The highest BCUT2D eigenvalue weighted by atomic mass is 16.5. The highest BCUT2D eigenvalue weighted by Crippen LogP contribution is 2.19. The summed E-state index contributed by atoms with van der Waals surface area (Å²) in [7, 11) is 0. The van der Waals surface area contributed by atoms with Crippen molar-refractivity contribution in [1.29, 1.82) is 5.26 Å². The Morgan fingerprint density at radius 3 is 3.00 bits per heavy atom. The molecule has 1 aliphatic rings. The third-order valence-corrected chi connectivity index (χ3v) is 3.20. The quantitative estimate of drug-likeness (QED) is 0.810. The monoisotopic (exact) mass is 245 g/mol. The summed E-state index contributed by atoms with van der Waals surface area (Å²) in [5.74, 6) is 0.737. The summed E-state index contributed by atoms with van der Waals surface area (Å²) in [4.78, 5) is 4.15. The molecule has 4 nitrogen and oxygen atoms in total. The Bertz CT molecular complexity index is 408. The van der Waals surface area contributed by atoms with Gasteiger partial charge >= 0.3 is 0 Å². The molecule has 1 fully saturated rings. The van der Waals surface area contributed by atoms with Crippen LogP contribution in [0.2, 0.25) is 0 Å². The molecule has 1 aromatic heterocycles. The fraction of sp³-hybridized carbons (Fsp3) is 0.571. The molecule has 2 rings (SSSR count). The number of anilines is 1. The summed E-state index contributed by atoms with van der Waals surface area (Å²) < 4.78 is 5.81. The van der Waals surface area contributed by atoms with Crippen molar-refractivity contribution >= 4 is 5.82 Å². The molecule has 0 spiro atoms. The molecule has 0 bridgehead atoms. The van der Waals surface area contributed by atoms with Crippen LogP contribution in [0.4, 0.5) is 5.82 Å². The van der Waals surface area contributed by atoms with Gasteiger partial charge in [-0.1, -0.05) is 19.3 Å². The molecule has 1 saturated carbocycles. The Morgan fingerprint density at radius 1 is 1.39 bits per heavy atom. The number of nitrogens with zero attached hydrogens (tertiary/aromatic N) is 2. The van der Waals surface area contributed by atoms with Crippen molar-refractivity contribution < 1.29 is 4.74 Å². The number of nitrogens with one attached hydrogen (secondary N) is 1. The second-order valence-corrected chi connectivity index (χ2v) is 4.60. The summed E-state index contributed by atoms with van der Waals surface area (Å²) in [5, 5.41) is 11.9. The van der Waals surface area contributed by atoms with Gasteiger partial charge in [0.25, 0.3) is 0 Å². The Labute approximate surface area is 108 Å². The fourth-order valence-corrected chi connectivity index (χ4v) is 2.23. The number of ether oxygens (including phenoxy) is 1. The van der Waals surface area contributed by atoms with E-state index in [2.05, 4.69) is 16.4 Å². The summed E-state index contributed by atoms with van der Waals surface area (Å²) in [6.45, 7) is 1.43. The van der Waals surface area contributed by atoms with E-state index in [0.29, 0.717) is 18.3 Å². The number of rotatable bonds is 5. The highest BCUT2D eigenvalue weighted by molar-refractivity contribution is 5.42. The first kappa shape index (κ1) is 12.8. The molecule has 0 aliphatic heterocycles. The number of hydrogen-bond donors (Lipinski definition) is 1. The van der Waals surface area contributed by atoms with Gasteiger partial charge in [0.15, 0.2) is 0 Å². The molecule has 1 N–H and O–H groups in total. The zero-order valence-electron chi connectivity index (χ0n) is 10.6. The minimum Gasteiger partial charge on any atom is -0.376 e. The maximum Gasteiger partial charge on any atom is 0.127 e. The summed E-state index contributed by atoms with van der Waals surface area (Å²) in [6, 6.07) is 5.55. The van der Waals surface area contributed by atoms with Crippen LogP contribution in [0.15, 0.2) is 18.3 Å². The lowest BCUT2D eigenvalue weighted by molar-refractivity contribution is 0.0347. The molecule has 96 valence electrons. The van der Waals surface area contributed by atoms with E-state index in [9.17, 15) is 0 Å². The van der Waals surface area contributed by atoms with Gasteiger partial charge in [-0.2, -0.15) is 5.26 Å². The number of hydrogen-bond acceptors (Lipinski definition) is 4. The normalized spacial score (nSPS) is 16.2. The minimum atomic E-state index is 0.443. The first-order chi connectivity index (χ1) is 8.88. The van der Waals surface area contributed by atoms with Gasteiger partial charge in [0.1, 0.15) is 5.82 Å². The van der Waals surface area contributed by atoms with Crippen LogP contribution in [0.1, 0.15) is 37.7 Å². The third-order valence-electron chi connectivity index (χ3n) is 3.20. The minimum absolute atomic E-state index is 0.443. The smallest absolute Gasteiger partial charge is 0.127 e. The molecule has 1 aliphatic carbocycles. The number of aromatic nitrogens is 1. The van der Waals surface area contributed by atoms with Gasteiger partial charge in [0, 0.05) is 12.7 Å². The van der Waals surface area contributed by atoms with Crippen LogP contribution in [0.3, 0.4) is 0 Å². The van der Waals surface area contributed by atoms with E-state index >= 15 is 0 Å². The standard InChI is InChI=1S/C14H19N3O/c15-11-12-6-7-16-14(10-12)17-8-9-18-13-4-2-1-3-5-13/h6-7,10,13H,1-5,8-9H2,(H,16,17). The van der Waals surface area contributed by atoms with E-state index in [-0.39, 0.29) is 0 Å². The molecule has 0 atom stereocenters. The first-order valence-electron chi connectivity index (χ1n) is 6.60. The lowest BCUT2D eigenvalue weighted by Crippen LogP contribution is -2.20. The molecule has 1 aromatic rings. The van der Waals surface area contributed by atoms with Crippen LogP contribution in [-0.2, 0) is 4.74 Å². The SMILES string of the molecule is N#Cc1ccnc(NCCOC2CCCCC2)c1. The van der Waals surface area contributed by atoms with E-state index in [0.717, 1.165) is 12.4 Å². The summed E-state index contributed by atoms with van der Waals surface area (Å²) in [6.07, 6.45) is 8.42. The molecular weight excluding hydrogens is 226 g/mol. The van der Waals surface area contributed by atoms with Crippen LogP contribution in [0.5, 0.6) is 0 Å². The molecule has 0 radical (unpaired) electrons. The van der Waals surface area contributed by atoms with E-state index in [1.807, 2.05) is 0 Å². The molecule has 0 saturated heterocycles. The maximum absolute atomic E-state index is 8.77. The maximum atomic E-state index is 8.77. The van der Waals surface area contributed by atoms with Gasteiger partial charge in [-0.25, -0.2) is 4.98 Å². The predicted octanol–water partition coefficient (Wildman–Crippen LogP) is 2.71. The summed E-state index contributed by atoms with van der Waals surface area (Å²) >= 11 is 0. The van der Waals surface area contributed by atoms with E-state index in [4.69, 9.17) is 10.00 Å². The van der Waals surface area contributed by atoms with Gasteiger partial charge in [0.05, 0.1) is 24.3 Å². The Balaban J connectivity index is 1.67. The average Bonchev–Trinajstić information content (AvgIpc) is 2.45. The van der Waals surface area contributed by atoms with Crippen LogP contribution in [0.25, 0.3) is 0 Å². The topological polar surface area (TPSA) is 57.9 Å². The molecule has 4 heteroatoms. The zero-order chi connectivity index (χ0) is 12.6. The van der Waals surface area contributed by atoms with Crippen LogP contribution in [0, 0.1) is 11.3 Å². The second-order valence-electron chi connectivity index (χ2n) is 4.60. The fourth-order valence-electron chi connectivity index (χ4n) is 2.23. The van der Waals surface area contributed by atoms with Crippen molar-refractivity contribution in [3.8, 4) is 6.07 Å².